The second-order valence-electron chi connectivity index (χ2n) is 5.46. The molecule has 8 heteroatoms. The van der Waals surface area contributed by atoms with Gasteiger partial charge in [0.1, 0.15) is 12.4 Å². The van der Waals surface area contributed by atoms with Gasteiger partial charge in [-0.25, -0.2) is 4.79 Å². The molecular formula is C17H17N5O3. The van der Waals surface area contributed by atoms with Gasteiger partial charge in [-0.2, -0.15) is 4.68 Å². The molecule has 0 unspecified atom stereocenters. The normalized spacial score (nSPS) is 11.6. The highest BCUT2D eigenvalue weighted by Crippen LogP contribution is 2.17. The van der Waals surface area contributed by atoms with Crippen LogP contribution in [0.4, 0.5) is 0 Å². The van der Waals surface area contributed by atoms with Crippen LogP contribution in [0.1, 0.15) is 28.4 Å². The minimum atomic E-state index is -0.542. The zero-order valence-corrected chi connectivity index (χ0v) is 14.1. The van der Waals surface area contributed by atoms with Crippen molar-refractivity contribution in [1.82, 2.24) is 25.4 Å². The van der Waals surface area contributed by atoms with E-state index in [-0.39, 0.29) is 12.3 Å². The molecule has 0 spiro atoms. The third-order valence-corrected chi connectivity index (χ3v) is 3.69. The monoisotopic (exact) mass is 339 g/mol. The Morgan fingerprint density at radius 3 is 2.60 bits per heavy atom. The molecule has 25 heavy (non-hydrogen) atoms. The van der Waals surface area contributed by atoms with Crippen LogP contribution in [0.25, 0.3) is 11.8 Å². The highest BCUT2D eigenvalue weighted by Gasteiger charge is 2.19. The molecule has 128 valence electrons. The highest BCUT2D eigenvalue weighted by molar-refractivity contribution is 6.15. The van der Waals surface area contributed by atoms with Crippen LogP contribution in [0.5, 0.6) is 0 Å². The number of hydrogen-bond acceptors (Lipinski definition) is 7. The van der Waals surface area contributed by atoms with Crippen molar-refractivity contribution in [3.63, 3.8) is 0 Å². The van der Waals surface area contributed by atoms with E-state index in [1.807, 2.05) is 30.3 Å². The van der Waals surface area contributed by atoms with E-state index < -0.39 is 5.97 Å². The predicted octanol–water partition coefficient (Wildman–Crippen LogP) is 2.33. The van der Waals surface area contributed by atoms with E-state index >= 15 is 0 Å². The molecule has 0 aliphatic carbocycles. The Bertz CT molecular complexity index is 892. The average Bonchev–Trinajstić information content (AvgIpc) is 3.17. The largest absolute Gasteiger partial charge is 0.456 e. The van der Waals surface area contributed by atoms with E-state index in [4.69, 9.17) is 9.26 Å². The lowest BCUT2D eigenvalue weighted by molar-refractivity contribution is -0.138. The molecular weight excluding hydrogens is 322 g/mol. The van der Waals surface area contributed by atoms with Gasteiger partial charge in [0.15, 0.2) is 11.5 Å². The third kappa shape index (κ3) is 3.63. The Hall–Kier alpha value is -3.29. The maximum atomic E-state index is 12.7. The third-order valence-electron chi connectivity index (χ3n) is 3.69. The number of rotatable bonds is 5. The summed E-state index contributed by atoms with van der Waals surface area (Å²) in [5.41, 5.74) is 2.50. The van der Waals surface area contributed by atoms with Crippen molar-refractivity contribution in [2.24, 2.45) is 0 Å². The predicted molar refractivity (Wildman–Crippen MR) is 88.9 cm³/mol. The number of hydrogen-bond donors (Lipinski definition) is 0. The molecule has 0 radical (unpaired) electrons. The maximum Gasteiger partial charge on any atom is 0.357 e. The quantitative estimate of drug-likeness (QED) is 0.520. The molecule has 0 N–H and O–H groups in total. The lowest BCUT2D eigenvalue weighted by Crippen LogP contribution is -2.15. The molecule has 0 bridgehead atoms. The molecule has 0 fully saturated rings. The van der Waals surface area contributed by atoms with Crippen molar-refractivity contribution >= 4 is 17.7 Å². The van der Waals surface area contributed by atoms with E-state index in [0.29, 0.717) is 17.3 Å². The van der Waals surface area contributed by atoms with Crippen LogP contribution in [-0.4, -0.2) is 31.3 Å². The van der Waals surface area contributed by atoms with Crippen LogP contribution >= 0.6 is 0 Å². The van der Waals surface area contributed by atoms with Gasteiger partial charge in [-0.1, -0.05) is 35.5 Å². The van der Waals surface area contributed by atoms with Gasteiger partial charge in [-0.3, -0.25) is 0 Å². The fourth-order valence-corrected chi connectivity index (χ4v) is 2.29. The van der Waals surface area contributed by atoms with Crippen molar-refractivity contribution in [3.8, 4) is 0 Å². The Kier molecular flexibility index (Phi) is 4.69. The molecule has 0 atom stereocenters. The van der Waals surface area contributed by atoms with E-state index in [9.17, 15) is 4.79 Å². The second kappa shape index (κ2) is 7.08. The number of carbonyl (C=O) groups excluding carboxylic acids is 1. The maximum absolute atomic E-state index is 12.7. The summed E-state index contributed by atoms with van der Waals surface area (Å²) in [6, 6.07) is 9.41. The molecule has 3 rings (SSSR count). The first-order valence-electron chi connectivity index (χ1n) is 7.67. The van der Waals surface area contributed by atoms with Crippen molar-refractivity contribution in [2.45, 2.75) is 27.4 Å². The molecule has 2 aromatic heterocycles. The smallest absolute Gasteiger partial charge is 0.357 e. The fourth-order valence-electron chi connectivity index (χ4n) is 2.29. The molecule has 0 aliphatic rings. The van der Waals surface area contributed by atoms with Gasteiger partial charge in [0, 0.05) is 0 Å². The van der Waals surface area contributed by atoms with E-state index in [1.165, 1.54) is 4.68 Å². The zero-order chi connectivity index (χ0) is 17.8. The van der Waals surface area contributed by atoms with Gasteiger partial charge in [-0.05, 0) is 42.8 Å². The first kappa shape index (κ1) is 16.6. The molecule has 0 saturated heterocycles. The zero-order valence-electron chi connectivity index (χ0n) is 14.1. The van der Waals surface area contributed by atoms with Crippen molar-refractivity contribution in [3.05, 3.63) is 58.7 Å². The van der Waals surface area contributed by atoms with Crippen LogP contribution in [-0.2, 0) is 16.1 Å². The highest BCUT2D eigenvalue weighted by atomic mass is 16.5. The van der Waals surface area contributed by atoms with Crippen molar-refractivity contribution in [1.29, 1.82) is 0 Å². The minimum absolute atomic E-state index is 0.0628. The average molecular weight is 339 g/mol. The van der Waals surface area contributed by atoms with Gasteiger partial charge in [-0.15, -0.1) is 5.10 Å². The van der Waals surface area contributed by atoms with Crippen molar-refractivity contribution < 1.29 is 14.1 Å². The Balaban J connectivity index is 1.88. The number of aryl methyl sites for hydroxylation is 3. The first-order chi connectivity index (χ1) is 12.1. The summed E-state index contributed by atoms with van der Waals surface area (Å²) >= 11 is 0. The molecule has 3 aromatic rings. The van der Waals surface area contributed by atoms with Crippen LogP contribution in [0.3, 0.4) is 0 Å². The molecule has 2 heterocycles. The Morgan fingerprint density at radius 2 is 2.00 bits per heavy atom. The topological polar surface area (TPSA) is 95.9 Å². The SMILES string of the molecule is Cc1noc(C)c1COC(=O)/C(=C/c1ccccc1)n1nnnc1C. The number of aromatic nitrogens is 5. The number of nitrogens with zero attached hydrogens (tertiary/aromatic N) is 5. The summed E-state index contributed by atoms with van der Waals surface area (Å²) in [6.07, 6.45) is 1.68. The molecule has 0 aliphatic heterocycles. The lowest BCUT2D eigenvalue weighted by Gasteiger charge is -2.09. The summed E-state index contributed by atoms with van der Waals surface area (Å²) in [7, 11) is 0. The number of ether oxygens (including phenoxy) is 1. The van der Waals surface area contributed by atoms with Crippen LogP contribution < -0.4 is 0 Å². The number of carbonyl (C=O) groups is 1. The lowest BCUT2D eigenvalue weighted by atomic mass is 10.2. The summed E-state index contributed by atoms with van der Waals surface area (Å²) in [4.78, 5) is 12.7. The van der Waals surface area contributed by atoms with Gasteiger partial charge >= 0.3 is 5.97 Å². The van der Waals surface area contributed by atoms with Gasteiger partial charge in [0.05, 0.1) is 11.3 Å². The summed E-state index contributed by atoms with van der Waals surface area (Å²) in [5.74, 6) is 0.563. The van der Waals surface area contributed by atoms with Gasteiger partial charge in [0.2, 0.25) is 0 Å². The Morgan fingerprint density at radius 1 is 1.24 bits per heavy atom. The minimum Gasteiger partial charge on any atom is -0.456 e. The van der Waals surface area contributed by atoms with Gasteiger partial charge < -0.3 is 9.26 Å². The van der Waals surface area contributed by atoms with E-state index in [0.717, 1.165) is 11.1 Å². The molecule has 8 nitrogen and oxygen atoms in total. The van der Waals surface area contributed by atoms with Crippen LogP contribution in [0.2, 0.25) is 0 Å². The van der Waals surface area contributed by atoms with Crippen LogP contribution in [0, 0.1) is 20.8 Å². The molecule has 1 aromatic carbocycles. The van der Waals surface area contributed by atoms with Crippen LogP contribution in [0.15, 0.2) is 34.9 Å². The van der Waals surface area contributed by atoms with Gasteiger partial charge in [0.25, 0.3) is 0 Å². The molecule has 0 amide bonds. The number of tetrazole rings is 1. The van der Waals surface area contributed by atoms with Crippen molar-refractivity contribution in [2.75, 3.05) is 0 Å². The number of esters is 1. The van der Waals surface area contributed by atoms with E-state index in [1.54, 1.807) is 26.8 Å². The summed E-state index contributed by atoms with van der Waals surface area (Å²) < 4.78 is 11.9. The summed E-state index contributed by atoms with van der Waals surface area (Å²) in [6.45, 7) is 5.34. The first-order valence-corrected chi connectivity index (χ1v) is 7.67. The number of benzene rings is 1. The second-order valence-corrected chi connectivity index (χ2v) is 5.46. The van der Waals surface area contributed by atoms with E-state index in [2.05, 4.69) is 20.7 Å². The molecule has 0 saturated carbocycles. The summed E-state index contributed by atoms with van der Waals surface area (Å²) in [5, 5.41) is 15.1. The fraction of sp³-hybridized carbons (Fsp3) is 0.235. The Labute approximate surface area is 144 Å². The standard InChI is InChI=1S/C17H17N5O3/c1-11-15(12(2)25-19-11)10-24-17(23)16(22-13(3)18-20-21-22)9-14-7-5-4-6-8-14/h4-9H,10H2,1-3H3/b16-9-.